The Morgan fingerprint density at radius 2 is 1.65 bits per heavy atom. The van der Waals surface area contributed by atoms with Crippen molar-refractivity contribution < 1.29 is 0 Å². The Labute approximate surface area is 101 Å². The largest absolute Gasteiger partial charge is 0.314 e. The van der Waals surface area contributed by atoms with Crippen molar-refractivity contribution in [2.45, 2.75) is 13.8 Å². The number of fused-ring (bicyclic) bond motifs is 1. The van der Waals surface area contributed by atoms with Gasteiger partial charge in [-0.3, -0.25) is 0 Å². The van der Waals surface area contributed by atoms with Crippen LogP contribution in [-0.4, -0.2) is 4.57 Å². The second kappa shape index (κ2) is 3.77. The van der Waals surface area contributed by atoms with E-state index in [1.165, 1.54) is 27.8 Å². The van der Waals surface area contributed by atoms with E-state index < -0.39 is 0 Å². The molecule has 0 aliphatic rings. The third-order valence-corrected chi connectivity index (χ3v) is 3.15. The fourth-order valence-corrected chi connectivity index (χ4v) is 2.40. The number of aromatic nitrogens is 1. The molecule has 0 saturated carbocycles. The third-order valence-electron chi connectivity index (χ3n) is 3.15. The van der Waals surface area contributed by atoms with Gasteiger partial charge in [0.05, 0.1) is 5.52 Å². The molecule has 2 aromatic carbocycles. The Balaban J connectivity index is 2.33. The van der Waals surface area contributed by atoms with Crippen LogP contribution in [0.3, 0.4) is 0 Å². The summed E-state index contributed by atoms with van der Waals surface area (Å²) in [4.78, 5) is 0. The summed E-state index contributed by atoms with van der Waals surface area (Å²) in [7, 11) is 0. The number of aryl methyl sites for hydroxylation is 2. The average Bonchev–Trinajstić information content (AvgIpc) is 2.64. The Kier molecular flexibility index (Phi) is 2.25. The lowest BCUT2D eigenvalue weighted by molar-refractivity contribution is 1.05. The maximum Gasteiger partial charge on any atom is 0.0531 e. The van der Waals surface area contributed by atoms with Gasteiger partial charge in [0.25, 0.3) is 0 Å². The summed E-state index contributed by atoms with van der Waals surface area (Å²) in [6.07, 6.45) is 0. The molecule has 0 aliphatic heterocycles. The van der Waals surface area contributed by atoms with E-state index in [0.29, 0.717) is 0 Å². The van der Waals surface area contributed by atoms with Crippen LogP contribution in [0, 0.1) is 13.8 Å². The summed E-state index contributed by atoms with van der Waals surface area (Å²) in [5.41, 5.74) is 5.08. The monoisotopic (exact) mass is 221 g/mol. The quantitative estimate of drug-likeness (QED) is 0.579. The maximum absolute atomic E-state index is 2.31. The molecule has 0 bridgehead atoms. The van der Waals surface area contributed by atoms with Crippen LogP contribution < -0.4 is 0 Å². The molecule has 3 rings (SSSR count). The van der Waals surface area contributed by atoms with Crippen LogP contribution in [0.2, 0.25) is 0 Å². The van der Waals surface area contributed by atoms with Gasteiger partial charge in [-0.05, 0) is 43.7 Å². The van der Waals surface area contributed by atoms with Gasteiger partial charge in [0.1, 0.15) is 0 Å². The molecule has 0 atom stereocenters. The summed E-state index contributed by atoms with van der Waals surface area (Å²) >= 11 is 0. The van der Waals surface area contributed by atoms with Gasteiger partial charge in [0, 0.05) is 16.8 Å². The zero-order valence-electron chi connectivity index (χ0n) is 10.1. The van der Waals surface area contributed by atoms with Gasteiger partial charge >= 0.3 is 0 Å². The molecule has 0 amide bonds. The molecular formula is C16H15N. The standard InChI is InChI=1S/C16H15N/c1-12-6-5-8-15(10-12)17-13(2)11-14-7-3-4-9-16(14)17/h3-11H,1-2H3. The molecule has 0 radical (unpaired) electrons. The Bertz CT molecular complexity index is 677. The van der Waals surface area contributed by atoms with E-state index in [0.717, 1.165) is 0 Å². The van der Waals surface area contributed by atoms with Crippen molar-refractivity contribution in [3.63, 3.8) is 0 Å². The predicted octanol–water partition coefficient (Wildman–Crippen LogP) is 4.25. The van der Waals surface area contributed by atoms with E-state index in [4.69, 9.17) is 0 Å². The molecule has 1 nitrogen and oxygen atoms in total. The summed E-state index contributed by atoms with van der Waals surface area (Å²) in [6.45, 7) is 4.28. The first-order chi connectivity index (χ1) is 8.25. The number of rotatable bonds is 1. The summed E-state index contributed by atoms with van der Waals surface area (Å²) in [5.74, 6) is 0. The highest BCUT2D eigenvalue weighted by molar-refractivity contribution is 5.83. The Morgan fingerprint density at radius 3 is 2.47 bits per heavy atom. The van der Waals surface area contributed by atoms with Gasteiger partial charge in [-0.15, -0.1) is 0 Å². The van der Waals surface area contributed by atoms with Crippen LogP contribution in [0.4, 0.5) is 0 Å². The Morgan fingerprint density at radius 1 is 0.824 bits per heavy atom. The maximum atomic E-state index is 2.31. The minimum absolute atomic E-state index is 1.24. The summed E-state index contributed by atoms with van der Waals surface area (Å²) in [6, 6.07) is 19.4. The number of benzene rings is 2. The van der Waals surface area contributed by atoms with Crippen LogP contribution in [0.5, 0.6) is 0 Å². The highest BCUT2D eigenvalue weighted by Crippen LogP contribution is 2.24. The van der Waals surface area contributed by atoms with Crippen LogP contribution in [0.25, 0.3) is 16.6 Å². The van der Waals surface area contributed by atoms with E-state index in [2.05, 4.69) is 73.0 Å². The Hall–Kier alpha value is -2.02. The number of nitrogens with zero attached hydrogens (tertiary/aromatic N) is 1. The summed E-state index contributed by atoms with van der Waals surface area (Å²) in [5, 5.41) is 1.30. The van der Waals surface area contributed by atoms with E-state index >= 15 is 0 Å². The zero-order chi connectivity index (χ0) is 11.8. The van der Waals surface area contributed by atoms with Gasteiger partial charge < -0.3 is 4.57 Å². The normalized spacial score (nSPS) is 10.9. The van der Waals surface area contributed by atoms with Gasteiger partial charge in [0.2, 0.25) is 0 Å². The molecule has 1 heteroatoms. The molecule has 1 heterocycles. The molecular weight excluding hydrogens is 206 g/mol. The van der Waals surface area contributed by atoms with Crippen LogP contribution in [-0.2, 0) is 0 Å². The first-order valence-electron chi connectivity index (χ1n) is 5.90. The number of hydrogen-bond donors (Lipinski definition) is 0. The topological polar surface area (TPSA) is 4.93 Å². The average molecular weight is 221 g/mol. The van der Waals surface area contributed by atoms with Gasteiger partial charge in [-0.2, -0.15) is 0 Å². The lowest BCUT2D eigenvalue weighted by Gasteiger charge is -2.09. The lowest BCUT2D eigenvalue weighted by Crippen LogP contribution is -1.96. The SMILES string of the molecule is Cc1cccc(-n2c(C)cc3ccccc32)c1. The second-order valence-corrected chi connectivity index (χ2v) is 4.52. The number of para-hydroxylation sites is 1. The van der Waals surface area contributed by atoms with Crippen LogP contribution >= 0.6 is 0 Å². The van der Waals surface area contributed by atoms with Crippen molar-refractivity contribution in [1.82, 2.24) is 4.57 Å². The fourth-order valence-electron chi connectivity index (χ4n) is 2.40. The lowest BCUT2D eigenvalue weighted by atomic mass is 10.2. The minimum Gasteiger partial charge on any atom is -0.314 e. The molecule has 1 aromatic heterocycles. The number of hydrogen-bond acceptors (Lipinski definition) is 0. The van der Waals surface area contributed by atoms with Gasteiger partial charge in [-0.1, -0.05) is 30.3 Å². The van der Waals surface area contributed by atoms with Gasteiger partial charge in [0.15, 0.2) is 0 Å². The first-order valence-corrected chi connectivity index (χ1v) is 5.90. The molecule has 84 valence electrons. The molecule has 0 spiro atoms. The first kappa shape index (κ1) is 10.2. The van der Waals surface area contributed by atoms with E-state index in [-0.39, 0.29) is 0 Å². The van der Waals surface area contributed by atoms with Crippen LogP contribution in [0.15, 0.2) is 54.6 Å². The predicted molar refractivity (Wildman–Crippen MR) is 72.7 cm³/mol. The zero-order valence-corrected chi connectivity index (χ0v) is 10.1. The summed E-state index contributed by atoms with van der Waals surface area (Å²) < 4.78 is 2.31. The third kappa shape index (κ3) is 1.64. The van der Waals surface area contributed by atoms with Gasteiger partial charge in [-0.25, -0.2) is 0 Å². The molecule has 0 aliphatic carbocycles. The fraction of sp³-hybridized carbons (Fsp3) is 0.125. The highest BCUT2D eigenvalue weighted by Gasteiger charge is 2.06. The van der Waals surface area contributed by atoms with Crippen molar-refractivity contribution >= 4 is 10.9 Å². The van der Waals surface area contributed by atoms with E-state index in [1.807, 2.05) is 0 Å². The van der Waals surface area contributed by atoms with Crippen molar-refractivity contribution in [1.29, 1.82) is 0 Å². The van der Waals surface area contributed by atoms with Crippen molar-refractivity contribution in [2.24, 2.45) is 0 Å². The van der Waals surface area contributed by atoms with E-state index in [9.17, 15) is 0 Å². The van der Waals surface area contributed by atoms with Crippen molar-refractivity contribution in [2.75, 3.05) is 0 Å². The highest BCUT2D eigenvalue weighted by atomic mass is 15.0. The minimum atomic E-state index is 1.24. The smallest absolute Gasteiger partial charge is 0.0531 e. The second-order valence-electron chi connectivity index (χ2n) is 4.52. The van der Waals surface area contributed by atoms with Crippen LogP contribution in [0.1, 0.15) is 11.3 Å². The molecule has 0 unspecified atom stereocenters. The van der Waals surface area contributed by atoms with Crippen molar-refractivity contribution in [3.8, 4) is 5.69 Å². The van der Waals surface area contributed by atoms with E-state index in [1.54, 1.807) is 0 Å². The van der Waals surface area contributed by atoms with Crippen molar-refractivity contribution in [3.05, 3.63) is 65.9 Å². The molecule has 3 aromatic rings. The molecule has 0 N–H and O–H groups in total. The molecule has 17 heavy (non-hydrogen) atoms. The molecule has 0 saturated heterocycles. The molecule has 0 fully saturated rings.